The van der Waals surface area contributed by atoms with E-state index >= 15 is 0 Å². The Hall–Kier alpha value is -1.25. The van der Waals surface area contributed by atoms with Crippen molar-refractivity contribution in [3.05, 3.63) is 29.8 Å². The predicted octanol–water partition coefficient (Wildman–Crippen LogP) is 3.94. The minimum atomic E-state index is -0.106. The van der Waals surface area contributed by atoms with Crippen molar-refractivity contribution in [1.82, 2.24) is 15.1 Å². The van der Waals surface area contributed by atoms with Gasteiger partial charge in [0.25, 0.3) is 0 Å². The van der Waals surface area contributed by atoms with Crippen LogP contribution in [-0.2, 0) is 10.5 Å². The Balaban J connectivity index is 1.50. The third-order valence-electron chi connectivity index (χ3n) is 3.95. The number of carbonyl (C=O) groups excluding carboxylic acids is 1. The van der Waals surface area contributed by atoms with Crippen LogP contribution in [0.3, 0.4) is 0 Å². The van der Waals surface area contributed by atoms with Crippen molar-refractivity contribution >= 4 is 40.8 Å². The molecule has 134 valence electrons. The number of likely N-dealkylation sites (tertiary alicyclic amines) is 1. The van der Waals surface area contributed by atoms with Crippen molar-refractivity contribution in [3.63, 3.8) is 0 Å². The van der Waals surface area contributed by atoms with E-state index in [2.05, 4.69) is 22.3 Å². The van der Waals surface area contributed by atoms with Crippen LogP contribution in [0.2, 0.25) is 0 Å². The summed E-state index contributed by atoms with van der Waals surface area (Å²) in [6.07, 6.45) is 2.24. The molecule has 1 atom stereocenters. The van der Waals surface area contributed by atoms with Crippen LogP contribution in [0.4, 0.5) is 0 Å². The van der Waals surface area contributed by atoms with Crippen LogP contribution in [0.5, 0.6) is 5.75 Å². The van der Waals surface area contributed by atoms with Gasteiger partial charge in [-0.15, -0.1) is 10.2 Å². The van der Waals surface area contributed by atoms with Crippen molar-refractivity contribution in [2.24, 2.45) is 0 Å². The van der Waals surface area contributed by atoms with Gasteiger partial charge in [-0.2, -0.15) is 0 Å². The van der Waals surface area contributed by atoms with Crippen molar-refractivity contribution in [3.8, 4) is 5.75 Å². The first kappa shape index (κ1) is 18.5. The van der Waals surface area contributed by atoms with Crippen molar-refractivity contribution < 1.29 is 9.53 Å². The van der Waals surface area contributed by atoms with E-state index in [1.54, 1.807) is 30.2 Å². The zero-order valence-corrected chi connectivity index (χ0v) is 16.8. The molecule has 1 aromatic carbocycles. The molecule has 1 fully saturated rings. The standard InChI is InChI=1S/C17H21N3O2S3/c1-12(15(21)20-9-3-4-10-20)24-17-19-18-16(25-17)23-11-13-5-7-14(22-2)8-6-13/h5-8,12H,3-4,9-11H2,1-2H3/t12-/m0/s1. The van der Waals surface area contributed by atoms with E-state index in [0.29, 0.717) is 0 Å². The van der Waals surface area contributed by atoms with Crippen molar-refractivity contribution in [1.29, 1.82) is 0 Å². The number of carbonyl (C=O) groups is 1. The fourth-order valence-electron chi connectivity index (χ4n) is 2.57. The van der Waals surface area contributed by atoms with Gasteiger partial charge in [-0.1, -0.05) is 47.0 Å². The van der Waals surface area contributed by atoms with E-state index in [-0.39, 0.29) is 11.2 Å². The van der Waals surface area contributed by atoms with Crippen LogP contribution in [0.1, 0.15) is 25.3 Å². The second-order valence-electron chi connectivity index (χ2n) is 5.76. The Morgan fingerprint density at radius 2 is 1.92 bits per heavy atom. The monoisotopic (exact) mass is 395 g/mol. The van der Waals surface area contributed by atoms with Gasteiger partial charge in [-0.05, 0) is 37.5 Å². The maximum atomic E-state index is 12.4. The molecule has 1 aromatic heterocycles. The number of ether oxygens (including phenoxy) is 1. The van der Waals surface area contributed by atoms with Crippen LogP contribution in [0, 0.1) is 0 Å². The maximum absolute atomic E-state index is 12.4. The summed E-state index contributed by atoms with van der Waals surface area (Å²) in [5.74, 6) is 1.91. The SMILES string of the molecule is COc1ccc(CSc2nnc(S[C@@H](C)C(=O)N3CCCC3)s2)cc1. The number of rotatable bonds is 7. The number of aromatic nitrogens is 2. The topological polar surface area (TPSA) is 55.3 Å². The van der Waals surface area contributed by atoms with E-state index in [1.165, 1.54) is 17.3 Å². The molecule has 1 aliphatic rings. The van der Waals surface area contributed by atoms with E-state index in [9.17, 15) is 4.79 Å². The molecular formula is C17H21N3O2S3. The summed E-state index contributed by atoms with van der Waals surface area (Å²) >= 11 is 4.73. The number of benzene rings is 1. The first-order valence-electron chi connectivity index (χ1n) is 8.20. The highest BCUT2D eigenvalue weighted by Crippen LogP contribution is 2.33. The molecule has 8 heteroatoms. The zero-order valence-electron chi connectivity index (χ0n) is 14.3. The molecule has 0 radical (unpaired) electrons. The fraction of sp³-hybridized carbons (Fsp3) is 0.471. The molecule has 5 nitrogen and oxygen atoms in total. The molecule has 1 amide bonds. The number of methoxy groups -OCH3 is 1. The highest BCUT2D eigenvalue weighted by Gasteiger charge is 2.25. The molecule has 2 heterocycles. The lowest BCUT2D eigenvalue weighted by Crippen LogP contribution is -2.33. The molecule has 0 bridgehead atoms. The van der Waals surface area contributed by atoms with E-state index in [1.807, 2.05) is 24.0 Å². The second kappa shape index (κ2) is 8.91. The molecule has 0 spiro atoms. The van der Waals surface area contributed by atoms with Gasteiger partial charge >= 0.3 is 0 Å². The molecule has 3 rings (SSSR count). The third kappa shape index (κ3) is 5.12. The summed E-state index contributed by atoms with van der Waals surface area (Å²) in [6.45, 7) is 3.74. The number of thioether (sulfide) groups is 2. The normalized spacial score (nSPS) is 15.4. The lowest BCUT2D eigenvalue weighted by atomic mass is 10.2. The Labute approximate surface area is 160 Å². The molecule has 0 saturated carbocycles. The predicted molar refractivity (Wildman–Crippen MR) is 104 cm³/mol. The highest BCUT2D eigenvalue weighted by atomic mass is 32.2. The summed E-state index contributed by atoms with van der Waals surface area (Å²) in [4.78, 5) is 14.3. The summed E-state index contributed by atoms with van der Waals surface area (Å²) in [7, 11) is 1.67. The molecular weight excluding hydrogens is 374 g/mol. The number of hydrogen-bond acceptors (Lipinski definition) is 7. The van der Waals surface area contributed by atoms with Crippen LogP contribution in [-0.4, -0.2) is 46.5 Å². The molecule has 0 N–H and O–H groups in total. The van der Waals surface area contributed by atoms with E-state index < -0.39 is 0 Å². The van der Waals surface area contributed by atoms with Gasteiger partial charge in [0.1, 0.15) is 5.75 Å². The first-order valence-corrected chi connectivity index (χ1v) is 10.9. The molecule has 2 aromatic rings. The van der Waals surface area contributed by atoms with Crippen molar-refractivity contribution in [2.45, 2.75) is 39.4 Å². The van der Waals surface area contributed by atoms with E-state index in [0.717, 1.165) is 46.1 Å². The van der Waals surface area contributed by atoms with Gasteiger partial charge in [0.2, 0.25) is 5.91 Å². The Morgan fingerprint density at radius 3 is 2.60 bits per heavy atom. The fourth-order valence-corrected chi connectivity index (χ4v) is 5.77. The third-order valence-corrected chi connectivity index (χ3v) is 7.25. The first-order chi connectivity index (χ1) is 12.2. The average molecular weight is 396 g/mol. The highest BCUT2D eigenvalue weighted by molar-refractivity contribution is 8.03. The lowest BCUT2D eigenvalue weighted by Gasteiger charge is -2.18. The summed E-state index contributed by atoms with van der Waals surface area (Å²) in [6, 6.07) is 8.03. The Morgan fingerprint density at radius 1 is 1.24 bits per heavy atom. The molecule has 0 aliphatic carbocycles. The smallest absolute Gasteiger partial charge is 0.235 e. The van der Waals surface area contributed by atoms with Gasteiger partial charge in [0.15, 0.2) is 8.68 Å². The van der Waals surface area contributed by atoms with Crippen molar-refractivity contribution in [2.75, 3.05) is 20.2 Å². The Kier molecular flexibility index (Phi) is 6.61. The van der Waals surface area contributed by atoms with Crippen LogP contribution in [0.15, 0.2) is 32.9 Å². The van der Waals surface area contributed by atoms with Crippen LogP contribution >= 0.6 is 34.9 Å². The molecule has 25 heavy (non-hydrogen) atoms. The average Bonchev–Trinajstić information content (AvgIpc) is 3.32. The van der Waals surface area contributed by atoms with Gasteiger partial charge in [0, 0.05) is 18.8 Å². The summed E-state index contributed by atoms with van der Waals surface area (Å²) in [5, 5.41) is 8.35. The van der Waals surface area contributed by atoms with Gasteiger partial charge in [-0.3, -0.25) is 4.79 Å². The number of hydrogen-bond donors (Lipinski definition) is 0. The minimum Gasteiger partial charge on any atom is -0.497 e. The lowest BCUT2D eigenvalue weighted by molar-refractivity contribution is -0.129. The number of amides is 1. The largest absolute Gasteiger partial charge is 0.497 e. The zero-order chi connectivity index (χ0) is 17.6. The molecule has 0 unspecified atom stereocenters. The number of nitrogens with zero attached hydrogens (tertiary/aromatic N) is 3. The van der Waals surface area contributed by atoms with Crippen LogP contribution in [0.25, 0.3) is 0 Å². The summed E-state index contributed by atoms with van der Waals surface area (Å²) < 4.78 is 6.96. The minimum absolute atomic E-state index is 0.106. The van der Waals surface area contributed by atoms with E-state index in [4.69, 9.17) is 4.74 Å². The second-order valence-corrected chi connectivity index (χ2v) is 9.55. The molecule has 1 aliphatic heterocycles. The van der Waals surface area contributed by atoms with Crippen LogP contribution < -0.4 is 4.74 Å². The van der Waals surface area contributed by atoms with Gasteiger partial charge < -0.3 is 9.64 Å². The molecule has 1 saturated heterocycles. The maximum Gasteiger partial charge on any atom is 0.235 e. The quantitative estimate of drug-likeness (QED) is 0.662. The summed E-state index contributed by atoms with van der Waals surface area (Å²) in [5.41, 5.74) is 1.22. The Bertz CT molecular complexity index is 699. The van der Waals surface area contributed by atoms with Gasteiger partial charge in [0.05, 0.1) is 12.4 Å². The van der Waals surface area contributed by atoms with Gasteiger partial charge in [-0.25, -0.2) is 0 Å².